The van der Waals surface area contributed by atoms with Crippen LogP contribution in [0.25, 0.3) is 10.9 Å². The fraction of sp³-hybridized carbons (Fsp3) is 0.381. The smallest absolute Gasteiger partial charge is 0.275 e. The third-order valence-electron chi connectivity index (χ3n) is 5.88. The van der Waals surface area contributed by atoms with Crippen molar-refractivity contribution in [2.24, 2.45) is 5.92 Å². The van der Waals surface area contributed by atoms with Crippen molar-refractivity contribution in [3.63, 3.8) is 0 Å². The molecule has 0 unspecified atom stereocenters. The number of carbonyl (C=O) groups is 1. The lowest BCUT2D eigenvalue weighted by Crippen LogP contribution is -2.47. The molecule has 0 aliphatic carbocycles. The van der Waals surface area contributed by atoms with Crippen LogP contribution in [-0.4, -0.2) is 56.6 Å². The zero-order valence-corrected chi connectivity index (χ0v) is 15.2. The van der Waals surface area contributed by atoms with Gasteiger partial charge in [0, 0.05) is 50.0 Å². The molecule has 1 aromatic carbocycles. The van der Waals surface area contributed by atoms with Crippen LogP contribution in [0.2, 0.25) is 0 Å². The van der Waals surface area contributed by atoms with Gasteiger partial charge in [0.15, 0.2) is 5.69 Å². The quantitative estimate of drug-likeness (QED) is 0.779. The average Bonchev–Trinajstić information content (AvgIpc) is 2.94. The summed E-state index contributed by atoms with van der Waals surface area (Å²) in [5.41, 5.74) is 2.75. The predicted molar refractivity (Wildman–Crippen MR) is 103 cm³/mol. The number of aromatic amines is 1. The van der Waals surface area contributed by atoms with Crippen molar-refractivity contribution in [2.45, 2.75) is 25.4 Å². The molecule has 6 rings (SSSR count). The summed E-state index contributed by atoms with van der Waals surface area (Å²) in [6, 6.07) is 12.3. The summed E-state index contributed by atoms with van der Waals surface area (Å²) in [5, 5.41) is 8.24. The predicted octanol–water partition coefficient (Wildman–Crippen LogP) is 2.69. The molecule has 2 bridgehead atoms. The molecule has 3 saturated heterocycles. The molecular formula is C21H23N5O. The molecule has 3 fully saturated rings. The molecule has 0 radical (unpaired) electrons. The Labute approximate surface area is 158 Å². The van der Waals surface area contributed by atoms with E-state index in [0.717, 1.165) is 43.5 Å². The molecule has 5 heterocycles. The highest BCUT2D eigenvalue weighted by molar-refractivity contribution is 6.04. The van der Waals surface area contributed by atoms with E-state index in [9.17, 15) is 4.79 Å². The van der Waals surface area contributed by atoms with E-state index in [-0.39, 0.29) is 11.9 Å². The van der Waals surface area contributed by atoms with Gasteiger partial charge in [-0.1, -0.05) is 18.2 Å². The van der Waals surface area contributed by atoms with Gasteiger partial charge in [-0.2, -0.15) is 5.10 Å². The first-order chi connectivity index (χ1) is 13.3. The Morgan fingerprint density at radius 3 is 2.81 bits per heavy atom. The number of hydrogen-bond acceptors (Lipinski definition) is 4. The number of H-pyrrole nitrogens is 1. The number of rotatable bonds is 3. The number of para-hydroxylation sites is 1. The molecule has 2 atom stereocenters. The number of pyridine rings is 1. The molecule has 3 aliphatic rings. The molecule has 0 saturated carbocycles. The van der Waals surface area contributed by atoms with Gasteiger partial charge in [0.05, 0.1) is 5.52 Å². The second-order valence-electron chi connectivity index (χ2n) is 7.72. The number of carbonyl (C=O) groups excluding carboxylic acids is 1. The van der Waals surface area contributed by atoms with Crippen molar-refractivity contribution in [2.75, 3.05) is 19.6 Å². The summed E-state index contributed by atoms with van der Waals surface area (Å²) >= 11 is 0. The zero-order chi connectivity index (χ0) is 18.2. The molecule has 27 heavy (non-hydrogen) atoms. The Balaban J connectivity index is 1.38. The van der Waals surface area contributed by atoms with Crippen LogP contribution in [-0.2, 0) is 6.54 Å². The normalized spacial score (nSPS) is 22.9. The molecule has 138 valence electrons. The van der Waals surface area contributed by atoms with Gasteiger partial charge >= 0.3 is 0 Å². The minimum absolute atomic E-state index is 0.0629. The van der Waals surface area contributed by atoms with Gasteiger partial charge < -0.3 is 4.90 Å². The lowest BCUT2D eigenvalue weighted by atomic mass is 9.94. The lowest BCUT2D eigenvalue weighted by molar-refractivity contribution is 0.0581. The topological polar surface area (TPSA) is 65.1 Å². The summed E-state index contributed by atoms with van der Waals surface area (Å²) < 4.78 is 0. The van der Waals surface area contributed by atoms with E-state index in [1.165, 1.54) is 12.0 Å². The molecule has 2 aromatic heterocycles. The Bertz CT molecular complexity index is 953. The van der Waals surface area contributed by atoms with E-state index < -0.39 is 0 Å². The number of aromatic nitrogens is 3. The Morgan fingerprint density at radius 1 is 1.07 bits per heavy atom. The van der Waals surface area contributed by atoms with E-state index in [2.05, 4.69) is 37.1 Å². The number of fused-ring (bicyclic) bond motifs is 5. The molecule has 1 N–H and O–H groups in total. The maximum absolute atomic E-state index is 13.3. The van der Waals surface area contributed by atoms with Crippen molar-refractivity contribution in [3.05, 3.63) is 60.0 Å². The largest absolute Gasteiger partial charge is 0.333 e. The second kappa shape index (κ2) is 6.78. The van der Waals surface area contributed by atoms with Crippen LogP contribution in [0.5, 0.6) is 0 Å². The fourth-order valence-corrected chi connectivity index (χ4v) is 4.57. The zero-order valence-electron chi connectivity index (χ0n) is 15.2. The number of amides is 1. The minimum Gasteiger partial charge on any atom is -0.333 e. The van der Waals surface area contributed by atoms with Gasteiger partial charge in [0.1, 0.15) is 0 Å². The molecule has 0 spiro atoms. The molecule has 1 amide bonds. The maximum atomic E-state index is 13.3. The standard InChI is InChI=1S/C21H23N5O/c27-21(20-18-3-1-2-4-19(18)23-24-20)26-13-16-5-6-17(26)14-25(12-16)11-15-7-9-22-10-8-15/h1-4,7-10,16-17H,5-6,11-14H2,(H,23,24)/t16-,17+/m0/s1. The summed E-state index contributed by atoms with van der Waals surface area (Å²) in [6.45, 7) is 3.72. The van der Waals surface area contributed by atoms with Crippen molar-refractivity contribution in [3.8, 4) is 0 Å². The van der Waals surface area contributed by atoms with Crippen LogP contribution in [0.1, 0.15) is 28.9 Å². The van der Waals surface area contributed by atoms with Gasteiger partial charge in [-0.25, -0.2) is 0 Å². The Kier molecular flexibility index (Phi) is 4.13. The molecule has 3 aromatic rings. The van der Waals surface area contributed by atoms with Crippen LogP contribution >= 0.6 is 0 Å². The van der Waals surface area contributed by atoms with E-state index in [1.54, 1.807) is 0 Å². The van der Waals surface area contributed by atoms with Crippen molar-refractivity contribution >= 4 is 16.8 Å². The van der Waals surface area contributed by atoms with Crippen LogP contribution in [0.15, 0.2) is 48.8 Å². The number of piperidine rings is 1. The highest BCUT2D eigenvalue weighted by Crippen LogP contribution is 2.30. The van der Waals surface area contributed by atoms with Crippen LogP contribution in [0.3, 0.4) is 0 Å². The lowest BCUT2D eigenvalue weighted by Gasteiger charge is -2.35. The van der Waals surface area contributed by atoms with E-state index >= 15 is 0 Å². The van der Waals surface area contributed by atoms with Gasteiger partial charge in [-0.3, -0.25) is 19.8 Å². The Morgan fingerprint density at radius 2 is 1.93 bits per heavy atom. The molecule has 6 heteroatoms. The fourth-order valence-electron chi connectivity index (χ4n) is 4.57. The van der Waals surface area contributed by atoms with Crippen LogP contribution in [0, 0.1) is 5.92 Å². The van der Waals surface area contributed by atoms with Gasteiger partial charge in [0.25, 0.3) is 5.91 Å². The maximum Gasteiger partial charge on any atom is 0.275 e. The van der Waals surface area contributed by atoms with E-state index in [4.69, 9.17) is 0 Å². The first kappa shape index (κ1) is 16.4. The summed E-state index contributed by atoms with van der Waals surface area (Å²) in [6.07, 6.45) is 5.97. The third kappa shape index (κ3) is 3.10. The second-order valence-corrected chi connectivity index (χ2v) is 7.72. The van der Waals surface area contributed by atoms with E-state index in [0.29, 0.717) is 11.6 Å². The highest BCUT2D eigenvalue weighted by atomic mass is 16.2. The van der Waals surface area contributed by atoms with Gasteiger partial charge in [0.2, 0.25) is 0 Å². The first-order valence-electron chi connectivity index (χ1n) is 9.63. The number of nitrogens with zero attached hydrogens (tertiary/aromatic N) is 4. The van der Waals surface area contributed by atoms with E-state index in [1.807, 2.05) is 36.7 Å². The molecular weight excluding hydrogens is 338 g/mol. The average molecular weight is 361 g/mol. The monoisotopic (exact) mass is 361 g/mol. The number of nitrogens with one attached hydrogen (secondary N) is 1. The molecule has 6 nitrogen and oxygen atoms in total. The van der Waals surface area contributed by atoms with Crippen molar-refractivity contribution in [1.29, 1.82) is 0 Å². The van der Waals surface area contributed by atoms with Gasteiger partial charge in [-0.05, 0) is 42.5 Å². The first-order valence-corrected chi connectivity index (χ1v) is 9.63. The van der Waals surface area contributed by atoms with Crippen LogP contribution < -0.4 is 0 Å². The number of hydrogen-bond donors (Lipinski definition) is 1. The van der Waals surface area contributed by atoms with Crippen molar-refractivity contribution < 1.29 is 4.79 Å². The summed E-state index contributed by atoms with van der Waals surface area (Å²) in [7, 11) is 0. The minimum atomic E-state index is 0.0629. The van der Waals surface area contributed by atoms with Gasteiger partial charge in [-0.15, -0.1) is 0 Å². The summed E-state index contributed by atoms with van der Waals surface area (Å²) in [4.78, 5) is 22.0. The SMILES string of the molecule is O=C(c1n[nH]c2ccccc12)N1C[C@H]2CC[C@@H]1CN(Cc1ccncc1)C2. The highest BCUT2D eigenvalue weighted by Gasteiger charge is 2.38. The number of benzene rings is 1. The molecule has 3 aliphatic heterocycles. The Hall–Kier alpha value is -2.73. The summed E-state index contributed by atoms with van der Waals surface area (Å²) in [5.74, 6) is 0.590. The third-order valence-corrected chi connectivity index (χ3v) is 5.88. The van der Waals surface area contributed by atoms with Crippen molar-refractivity contribution in [1.82, 2.24) is 25.0 Å². The van der Waals surface area contributed by atoms with Crippen LogP contribution in [0.4, 0.5) is 0 Å².